The van der Waals surface area contributed by atoms with Crippen molar-refractivity contribution in [2.24, 2.45) is 5.41 Å². The summed E-state index contributed by atoms with van der Waals surface area (Å²) >= 11 is 5.58. The van der Waals surface area contributed by atoms with Crippen molar-refractivity contribution in [3.05, 3.63) is 34.3 Å². The van der Waals surface area contributed by atoms with Crippen LogP contribution in [0.2, 0.25) is 5.02 Å². The van der Waals surface area contributed by atoms with E-state index in [-0.39, 0.29) is 17.1 Å². The van der Waals surface area contributed by atoms with Crippen LogP contribution in [0, 0.1) is 5.41 Å². The third-order valence-electron chi connectivity index (χ3n) is 3.38. The van der Waals surface area contributed by atoms with Gasteiger partial charge in [-0.3, -0.25) is 9.59 Å². The first-order chi connectivity index (χ1) is 9.64. The summed E-state index contributed by atoms with van der Waals surface area (Å²) in [5.41, 5.74) is -2.27. The molecule has 114 valence electrons. The van der Waals surface area contributed by atoms with Crippen molar-refractivity contribution in [1.29, 1.82) is 0 Å². The van der Waals surface area contributed by atoms with Gasteiger partial charge in [-0.15, -0.1) is 0 Å². The number of benzene rings is 1. The molecule has 0 saturated heterocycles. The average molecular weight is 322 g/mol. The van der Waals surface area contributed by atoms with E-state index in [1.807, 2.05) is 0 Å². The van der Waals surface area contributed by atoms with Crippen LogP contribution in [-0.2, 0) is 11.0 Å². The highest BCUT2D eigenvalue weighted by Crippen LogP contribution is 2.45. The SMILES string of the molecule is O=C(NCC1(C(=O)O)CC1)c1cc(Cl)cc(C(F)(F)F)c1. The van der Waals surface area contributed by atoms with E-state index < -0.39 is 29.0 Å². The number of rotatable bonds is 4. The van der Waals surface area contributed by atoms with Crippen molar-refractivity contribution < 1.29 is 27.9 Å². The maximum atomic E-state index is 12.6. The molecule has 8 heteroatoms. The molecule has 1 aliphatic rings. The molecule has 4 nitrogen and oxygen atoms in total. The zero-order valence-corrected chi connectivity index (χ0v) is 11.4. The zero-order valence-electron chi connectivity index (χ0n) is 10.6. The topological polar surface area (TPSA) is 66.4 Å². The molecule has 0 atom stereocenters. The van der Waals surface area contributed by atoms with Crippen molar-refractivity contribution in [3.8, 4) is 0 Å². The highest BCUT2D eigenvalue weighted by molar-refractivity contribution is 6.31. The smallest absolute Gasteiger partial charge is 0.416 e. The summed E-state index contributed by atoms with van der Waals surface area (Å²) in [6, 6.07) is 2.51. The van der Waals surface area contributed by atoms with Gasteiger partial charge in [-0.2, -0.15) is 13.2 Å². The highest BCUT2D eigenvalue weighted by Gasteiger charge is 2.50. The largest absolute Gasteiger partial charge is 0.481 e. The third-order valence-corrected chi connectivity index (χ3v) is 3.60. The van der Waals surface area contributed by atoms with Gasteiger partial charge in [0.05, 0.1) is 11.0 Å². The van der Waals surface area contributed by atoms with Crippen molar-refractivity contribution in [2.75, 3.05) is 6.54 Å². The molecule has 0 aliphatic heterocycles. The maximum Gasteiger partial charge on any atom is 0.416 e. The van der Waals surface area contributed by atoms with Crippen LogP contribution in [-0.4, -0.2) is 23.5 Å². The molecule has 1 aliphatic carbocycles. The molecule has 0 spiro atoms. The maximum absolute atomic E-state index is 12.6. The second-order valence-electron chi connectivity index (χ2n) is 4.99. The number of carboxylic acids is 1. The van der Waals surface area contributed by atoms with Crippen molar-refractivity contribution >= 4 is 23.5 Å². The molecule has 0 aromatic heterocycles. The molecule has 0 radical (unpaired) electrons. The number of alkyl halides is 3. The minimum atomic E-state index is -4.61. The van der Waals surface area contributed by atoms with Gasteiger partial charge in [0.2, 0.25) is 0 Å². The van der Waals surface area contributed by atoms with Crippen LogP contribution in [0.1, 0.15) is 28.8 Å². The highest BCUT2D eigenvalue weighted by atomic mass is 35.5. The summed E-state index contributed by atoms with van der Waals surface area (Å²) in [5, 5.41) is 11.1. The van der Waals surface area contributed by atoms with Gasteiger partial charge < -0.3 is 10.4 Å². The number of carbonyl (C=O) groups is 2. The van der Waals surface area contributed by atoms with Gasteiger partial charge in [0, 0.05) is 17.1 Å². The van der Waals surface area contributed by atoms with Gasteiger partial charge in [-0.05, 0) is 31.0 Å². The lowest BCUT2D eigenvalue weighted by Gasteiger charge is -2.13. The van der Waals surface area contributed by atoms with Gasteiger partial charge in [-0.1, -0.05) is 11.6 Å². The normalized spacial score (nSPS) is 16.4. The minimum Gasteiger partial charge on any atom is -0.481 e. The fourth-order valence-electron chi connectivity index (χ4n) is 1.85. The van der Waals surface area contributed by atoms with Gasteiger partial charge >= 0.3 is 12.1 Å². The number of hydrogen-bond donors (Lipinski definition) is 2. The predicted octanol–water partition coefficient (Wildman–Crippen LogP) is 2.95. The molecule has 1 aromatic carbocycles. The van der Waals surface area contributed by atoms with Crippen LogP contribution < -0.4 is 5.32 Å². The number of aliphatic carboxylic acids is 1. The van der Waals surface area contributed by atoms with Crippen LogP contribution in [0.5, 0.6) is 0 Å². The first-order valence-electron chi connectivity index (χ1n) is 6.03. The van der Waals surface area contributed by atoms with E-state index >= 15 is 0 Å². The van der Waals surface area contributed by atoms with Crippen molar-refractivity contribution in [2.45, 2.75) is 19.0 Å². The monoisotopic (exact) mass is 321 g/mol. The zero-order chi connectivity index (χ0) is 15.8. The van der Waals surface area contributed by atoms with Crippen LogP contribution >= 0.6 is 11.6 Å². The molecule has 0 unspecified atom stereocenters. The van der Waals surface area contributed by atoms with Crippen molar-refractivity contribution in [3.63, 3.8) is 0 Å². The average Bonchev–Trinajstić information content (AvgIpc) is 3.15. The summed E-state index contributed by atoms with van der Waals surface area (Å²) in [4.78, 5) is 22.8. The summed E-state index contributed by atoms with van der Waals surface area (Å²) in [6.07, 6.45) is -3.74. The fraction of sp³-hybridized carbons (Fsp3) is 0.385. The third kappa shape index (κ3) is 3.47. The Labute approximate surface area is 122 Å². The standard InChI is InChI=1S/C13H11ClF3NO3/c14-9-4-7(3-8(5-9)13(15,16)17)10(19)18-6-12(1-2-12)11(20)21/h3-5H,1-2,6H2,(H,18,19)(H,20,21). The summed E-state index contributed by atoms with van der Waals surface area (Å²) < 4.78 is 37.9. The number of carboxylic acid groups (broad SMARTS) is 1. The Hall–Kier alpha value is -1.76. The van der Waals surface area contributed by atoms with Crippen molar-refractivity contribution in [1.82, 2.24) is 5.32 Å². The predicted molar refractivity (Wildman–Crippen MR) is 68.1 cm³/mol. The number of nitrogens with one attached hydrogen (secondary N) is 1. The molecular weight excluding hydrogens is 311 g/mol. The number of carbonyl (C=O) groups excluding carboxylic acids is 1. The van der Waals surface area contributed by atoms with E-state index in [4.69, 9.17) is 16.7 Å². The first-order valence-corrected chi connectivity index (χ1v) is 6.41. The Morgan fingerprint density at radius 1 is 1.29 bits per heavy atom. The Balaban J connectivity index is 2.13. The fourth-order valence-corrected chi connectivity index (χ4v) is 2.09. The molecule has 0 bridgehead atoms. The quantitative estimate of drug-likeness (QED) is 0.896. The van der Waals surface area contributed by atoms with Gasteiger partial charge in [-0.25, -0.2) is 0 Å². The summed E-state index contributed by atoms with van der Waals surface area (Å²) in [6.45, 7) is -0.116. The Bertz CT molecular complexity index is 597. The van der Waals surface area contributed by atoms with Gasteiger partial charge in [0.1, 0.15) is 0 Å². The van der Waals surface area contributed by atoms with Crippen LogP contribution in [0.3, 0.4) is 0 Å². The van der Waals surface area contributed by atoms with E-state index in [0.717, 1.165) is 12.1 Å². The second-order valence-corrected chi connectivity index (χ2v) is 5.43. The lowest BCUT2D eigenvalue weighted by Crippen LogP contribution is -2.34. The first kappa shape index (κ1) is 15.6. The molecule has 1 amide bonds. The summed E-state index contributed by atoms with van der Waals surface area (Å²) in [7, 11) is 0. The molecule has 21 heavy (non-hydrogen) atoms. The van der Waals surface area contributed by atoms with E-state index in [1.165, 1.54) is 0 Å². The second kappa shape index (κ2) is 5.22. The van der Waals surface area contributed by atoms with Crippen LogP contribution in [0.4, 0.5) is 13.2 Å². The molecule has 2 rings (SSSR count). The molecule has 1 fully saturated rings. The lowest BCUT2D eigenvalue weighted by molar-refractivity contribution is -0.143. The molecule has 1 saturated carbocycles. The van der Waals surface area contributed by atoms with E-state index in [1.54, 1.807) is 0 Å². The molecule has 0 heterocycles. The number of amides is 1. The summed E-state index contributed by atoms with van der Waals surface area (Å²) in [5.74, 6) is -1.81. The number of hydrogen-bond acceptors (Lipinski definition) is 2. The molecule has 2 N–H and O–H groups in total. The van der Waals surface area contributed by atoms with Crippen LogP contribution in [0.25, 0.3) is 0 Å². The Morgan fingerprint density at radius 2 is 1.90 bits per heavy atom. The van der Waals surface area contributed by atoms with E-state index in [0.29, 0.717) is 18.9 Å². The van der Waals surface area contributed by atoms with Crippen LogP contribution in [0.15, 0.2) is 18.2 Å². The van der Waals surface area contributed by atoms with E-state index in [9.17, 15) is 22.8 Å². The van der Waals surface area contributed by atoms with Gasteiger partial charge in [0.25, 0.3) is 5.91 Å². The Kier molecular flexibility index (Phi) is 3.88. The number of halogens is 4. The van der Waals surface area contributed by atoms with Gasteiger partial charge in [0.15, 0.2) is 0 Å². The lowest BCUT2D eigenvalue weighted by atomic mass is 10.1. The molecule has 1 aromatic rings. The van der Waals surface area contributed by atoms with E-state index in [2.05, 4.69) is 5.32 Å². The molecular formula is C13H11ClF3NO3. The Morgan fingerprint density at radius 3 is 2.38 bits per heavy atom. The minimum absolute atomic E-state index is 0.116.